The molecule has 2 aromatic carbocycles. The van der Waals surface area contributed by atoms with Gasteiger partial charge in [-0.3, -0.25) is 8.42 Å². The zero-order valence-corrected chi connectivity index (χ0v) is 22.2. The highest BCUT2D eigenvalue weighted by Crippen LogP contribution is 2.14. The van der Waals surface area contributed by atoms with Crippen molar-refractivity contribution in [2.24, 2.45) is 0 Å². The number of hydrogen-bond donors (Lipinski definition) is 0. The predicted octanol–water partition coefficient (Wildman–Crippen LogP) is 4.79. The van der Waals surface area contributed by atoms with Gasteiger partial charge in [-0.25, -0.2) is 0 Å². The van der Waals surface area contributed by atoms with E-state index in [0.29, 0.717) is 0 Å². The lowest BCUT2D eigenvalue weighted by atomic mass is 10.2. The van der Waals surface area contributed by atoms with E-state index in [9.17, 15) is 0 Å². The second kappa shape index (κ2) is 16.0. The van der Waals surface area contributed by atoms with E-state index in [-0.39, 0.29) is 0 Å². The molecule has 0 atom stereocenters. The molecule has 2 rings (SSSR count). The van der Waals surface area contributed by atoms with Crippen LogP contribution in [0.1, 0.15) is 52.7 Å². The molecule has 0 radical (unpaired) electrons. The number of rotatable bonds is 10. The summed E-state index contributed by atoms with van der Waals surface area (Å²) in [6.07, 6.45) is 0. The molecule has 0 aliphatic carbocycles. The molecule has 33 heavy (non-hydrogen) atoms. The molecule has 0 N–H and O–H groups in total. The van der Waals surface area contributed by atoms with Crippen LogP contribution < -0.4 is 0 Å². The number of benzene rings is 2. The molecule has 0 bridgehead atoms. The topological polar surface area (TPSA) is 80.3 Å². The van der Waals surface area contributed by atoms with E-state index in [1.807, 2.05) is 0 Å². The first-order chi connectivity index (χ1) is 15.5. The second-order valence-corrected chi connectivity index (χ2v) is 9.09. The third-order valence-electron chi connectivity index (χ3n) is 6.75. The Kier molecular flexibility index (Phi) is 15.1. The zero-order chi connectivity index (χ0) is 25.4. The first-order valence-corrected chi connectivity index (χ1v) is 13.3. The number of quaternary nitrogens is 2. The Labute approximate surface area is 202 Å². The fourth-order valence-electron chi connectivity index (χ4n) is 3.95. The molecule has 0 fully saturated rings. The summed E-state index contributed by atoms with van der Waals surface area (Å²) in [5.74, 6) is 0. The first kappa shape index (κ1) is 31.2. The molecule has 0 saturated heterocycles. The molecule has 0 aromatic heterocycles. The Bertz CT molecular complexity index is 753. The molecule has 0 spiro atoms. The van der Waals surface area contributed by atoms with Crippen LogP contribution in [0.4, 0.5) is 0 Å². The van der Waals surface area contributed by atoms with Crippen molar-refractivity contribution in [3.05, 3.63) is 71.8 Å². The molecular formula is C26H44N2O4S. The van der Waals surface area contributed by atoms with Crippen LogP contribution in [0, 0.1) is 0 Å². The Hall–Kier alpha value is -1.77. The summed E-state index contributed by atoms with van der Waals surface area (Å²) in [4.78, 5) is 0. The van der Waals surface area contributed by atoms with E-state index in [1.54, 1.807) is 0 Å². The minimum atomic E-state index is -5.17. The maximum absolute atomic E-state index is 8.52. The van der Waals surface area contributed by atoms with Crippen molar-refractivity contribution in [3.63, 3.8) is 0 Å². The lowest BCUT2D eigenvalue weighted by molar-refractivity contribution is -0.936. The van der Waals surface area contributed by atoms with Gasteiger partial charge in [0.2, 0.25) is 0 Å². The molecule has 6 nitrogen and oxygen atoms in total. The van der Waals surface area contributed by atoms with Crippen LogP contribution in [0.2, 0.25) is 0 Å². The highest BCUT2D eigenvalue weighted by atomic mass is 32.3. The van der Waals surface area contributed by atoms with E-state index < -0.39 is 10.4 Å². The van der Waals surface area contributed by atoms with Crippen LogP contribution in [0.5, 0.6) is 0 Å². The molecule has 7 heteroatoms. The summed E-state index contributed by atoms with van der Waals surface area (Å²) in [7, 11) is -5.17. The minimum absolute atomic E-state index is 1.17. The number of nitrogens with zero attached hydrogens (tertiary/aromatic N) is 2. The minimum Gasteiger partial charge on any atom is -0.759 e. The molecule has 0 heterocycles. The quantitative estimate of drug-likeness (QED) is 0.278. The summed E-state index contributed by atoms with van der Waals surface area (Å²) in [6, 6.07) is 21.6. The lowest BCUT2D eigenvalue weighted by Gasteiger charge is -2.35. The molecule has 0 unspecified atom stereocenters. The van der Waals surface area contributed by atoms with Gasteiger partial charge >= 0.3 is 0 Å². The van der Waals surface area contributed by atoms with E-state index in [1.165, 1.54) is 72.5 Å². The van der Waals surface area contributed by atoms with Gasteiger partial charge in [0.25, 0.3) is 0 Å². The van der Waals surface area contributed by atoms with Crippen molar-refractivity contribution < 1.29 is 26.5 Å². The summed E-state index contributed by atoms with van der Waals surface area (Å²) in [5.41, 5.74) is 2.91. The molecular weight excluding hydrogens is 436 g/mol. The van der Waals surface area contributed by atoms with Crippen molar-refractivity contribution in [1.29, 1.82) is 0 Å². The van der Waals surface area contributed by atoms with Crippen molar-refractivity contribution in [2.75, 3.05) is 39.3 Å². The van der Waals surface area contributed by atoms with E-state index >= 15 is 0 Å². The number of hydrogen-bond acceptors (Lipinski definition) is 4. The molecule has 2 aromatic rings. The molecule has 0 aliphatic heterocycles. The summed E-state index contributed by atoms with van der Waals surface area (Å²) in [5, 5.41) is 0. The van der Waals surface area contributed by atoms with E-state index in [2.05, 4.69) is 102 Å². The lowest BCUT2D eigenvalue weighted by Crippen LogP contribution is -2.46. The highest BCUT2D eigenvalue weighted by Gasteiger charge is 2.21. The maximum Gasteiger partial charge on any atom is 0.104 e. The molecule has 188 valence electrons. The highest BCUT2D eigenvalue weighted by molar-refractivity contribution is 7.79. The van der Waals surface area contributed by atoms with Gasteiger partial charge in [-0.05, 0) is 41.5 Å². The van der Waals surface area contributed by atoms with E-state index in [0.717, 1.165) is 0 Å². The van der Waals surface area contributed by atoms with Gasteiger partial charge in [0.15, 0.2) is 0 Å². The Balaban J connectivity index is 0.000000517. The van der Waals surface area contributed by atoms with Gasteiger partial charge in [-0.1, -0.05) is 60.7 Å². The Morgan fingerprint density at radius 3 is 0.939 bits per heavy atom. The van der Waals surface area contributed by atoms with Crippen molar-refractivity contribution in [2.45, 2.75) is 54.6 Å². The van der Waals surface area contributed by atoms with E-state index in [4.69, 9.17) is 17.5 Å². The van der Waals surface area contributed by atoms with Crippen molar-refractivity contribution in [1.82, 2.24) is 0 Å². The SMILES string of the molecule is CC[N+](CC)(CC)Cc1ccccc1.CC[N+](CC)(CC)Cc1ccccc1.O=S(=O)([O-])[O-]. The predicted molar refractivity (Wildman–Crippen MR) is 135 cm³/mol. The smallest absolute Gasteiger partial charge is 0.104 e. The average Bonchev–Trinajstić information content (AvgIpc) is 2.82. The van der Waals surface area contributed by atoms with Crippen LogP contribution in [0.25, 0.3) is 0 Å². The summed E-state index contributed by atoms with van der Waals surface area (Å²) >= 11 is 0. The Morgan fingerprint density at radius 2 is 0.758 bits per heavy atom. The third kappa shape index (κ3) is 13.5. The van der Waals surface area contributed by atoms with Crippen LogP contribution in [0.15, 0.2) is 60.7 Å². The standard InChI is InChI=1S/2C13H22N.H2O4S/c2*1-4-14(5-2,6-3)12-13-10-8-7-9-11-13;1-5(2,3)4/h2*7-11H,4-6,12H2,1-3H3;(H2,1,2,3,4)/q2*+1;/p-2. The van der Waals surface area contributed by atoms with Gasteiger partial charge in [-0.15, -0.1) is 0 Å². The largest absolute Gasteiger partial charge is 0.759 e. The van der Waals surface area contributed by atoms with Gasteiger partial charge < -0.3 is 18.1 Å². The van der Waals surface area contributed by atoms with Crippen LogP contribution in [-0.4, -0.2) is 65.8 Å². The monoisotopic (exact) mass is 480 g/mol. The summed E-state index contributed by atoms with van der Waals surface area (Å²) < 4.78 is 36.5. The van der Waals surface area contributed by atoms with Gasteiger partial charge in [0.05, 0.1) is 39.3 Å². The maximum atomic E-state index is 8.52. The van der Waals surface area contributed by atoms with Crippen molar-refractivity contribution in [3.8, 4) is 0 Å². The second-order valence-electron chi connectivity index (χ2n) is 8.28. The third-order valence-corrected chi connectivity index (χ3v) is 6.75. The zero-order valence-electron chi connectivity index (χ0n) is 21.4. The Morgan fingerprint density at radius 1 is 0.545 bits per heavy atom. The normalized spacial score (nSPS) is 11.6. The average molecular weight is 481 g/mol. The molecule has 0 aliphatic rings. The van der Waals surface area contributed by atoms with Gasteiger partial charge in [-0.2, -0.15) is 0 Å². The van der Waals surface area contributed by atoms with Crippen molar-refractivity contribution >= 4 is 10.4 Å². The van der Waals surface area contributed by atoms with Crippen LogP contribution in [0.3, 0.4) is 0 Å². The molecule has 0 saturated carbocycles. The van der Waals surface area contributed by atoms with Crippen LogP contribution >= 0.6 is 0 Å². The van der Waals surface area contributed by atoms with Crippen LogP contribution in [-0.2, 0) is 23.5 Å². The fourth-order valence-corrected chi connectivity index (χ4v) is 3.95. The fraction of sp³-hybridized carbons (Fsp3) is 0.538. The summed E-state index contributed by atoms with van der Waals surface area (Å²) in [6.45, 7) is 23.4. The van der Waals surface area contributed by atoms with Gasteiger partial charge in [0.1, 0.15) is 13.1 Å². The van der Waals surface area contributed by atoms with Gasteiger partial charge in [0, 0.05) is 21.5 Å². The molecule has 0 amide bonds. The first-order valence-electron chi connectivity index (χ1n) is 12.0.